The molecule has 178 valence electrons. The number of nitrogens with zero attached hydrogens (tertiary/aromatic N) is 1. The maximum atomic E-state index is 13.4. The first-order valence-corrected chi connectivity index (χ1v) is 12.4. The minimum Gasteiger partial charge on any atom is -0.457 e. The zero-order valence-electron chi connectivity index (χ0n) is 19.4. The van der Waals surface area contributed by atoms with E-state index in [0.717, 1.165) is 12.2 Å². The summed E-state index contributed by atoms with van der Waals surface area (Å²) in [6, 6.07) is 23.3. The third-order valence-corrected chi connectivity index (χ3v) is 8.12. The second-order valence-corrected chi connectivity index (χ2v) is 10.1. The SMILES string of the molecule is O=C(Nc1ccc(Oc2ccccc2)cc1)c1cccc(N2C(=O)[C@@H]3[C@H]4C=C[C@@H]([C@@H]5C[C@H]45)[C@@H]3C2=O)c1. The van der Waals surface area contributed by atoms with Crippen LogP contribution in [0.4, 0.5) is 11.4 Å². The Morgan fingerprint density at radius 2 is 1.42 bits per heavy atom. The monoisotopic (exact) mass is 476 g/mol. The Bertz CT molecular complexity index is 1380. The Kier molecular flexibility index (Phi) is 4.64. The van der Waals surface area contributed by atoms with Gasteiger partial charge in [-0.25, -0.2) is 4.90 Å². The molecule has 6 atom stereocenters. The molecule has 3 aromatic carbocycles. The van der Waals surface area contributed by atoms with Gasteiger partial charge in [-0.05, 0) is 84.7 Å². The van der Waals surface area contributed by atoms with Crippen molar-refractivity contribution in [1.29, 1.82) is 0 Å². The Balaban J connectivity index is 1.07. The average molecular weight is 477 g/mol. The number of amides is 3. The number of nitrogens with one attached hydrogen (secondary N) is 1. The number of carbonyl (C=O) groups is 3. The minimum absolute atomic E-state index is 0.124. The van der Waals surface area contributed by atoms with Gasteiger partial charge in [-0.15, -0.1) is 0 Å². The van der Waals surface area contributed by atoms with Gasteiger partial charge < -0.3 is 10.1 Å². The molecule has 3 fully saturated rings. The quantitative estimate of drug-likeness (QED) is 0.401. The molecule has 6 nitrogen and oxygen atoms in total. The predicted octanol–water partition coefficient (Wildman–Crippen LogP) is 5.29. The second-order valence-electron chi connectivity index (χ2n) is 10.1. The average Bonchev–Trinajstić information content (AvgIpc) is 3.69. The molecule has 1 saturated heterocycles. The summed E-state index contributed by atoms with van der Waals surface area (Å²) >= 11 is 0. The van der Waals surface area contributed by atoms with Crippen molar-refractivity contribution in [2.75, 3.05) is 10.2 Å². The summed E-state index contributed by atoms with van der Waals surface area (Å²) < 4.78 is 5.80. The molecule has 3 aromatic rings. The van der Waals surface area contributed by atoms with Gasteiger partial charge in [-0.2, -0.15) is 0 Å². The Morgan fingerprint density at radius 3 is 2.08 bits per heavy atom. The third-order valence-electron chi connectivity index (χ3n) is 8.12. The van der Waals surface area contributed by atoms with E-state index >= 15 is 0 Å². The lowest BCUT2D eigenvalue weighted by Gasteiger charge is -2.37. The number of allylic oxidation sites excluding steroid dienone is 2. The molecule has 1 aliphatic heterocycles. The highest BCUT2D eigenvalue weighted by molar-refractivity contribution is 6.23. The Morgan fingerprint density at radius 1 is 0.778 bits per heavy atom. The van der Waals surface area contributed by atoms with Gasteiger partial charge in [-0.3, -0.25) is 14.4 Å². The maximum Gasteiger partial charge on any atom is 0.255 e. The molecule has 8 rings (SSSR count). The lowest BCUT2D eigenvalue weighted by atomic mass is 9.63. The van der Waals surface area contributed by atoms with Crippen molar-refractivity contribution < 1.29 is 19.1 Å². The number of benzene rings is 3. The van der Waals surface area contributed by atoms with E-state index in [4.69, 9.17) is 4.74 Å². The lowest BCUT2D eigenvalue weighted by molar-refractivity contribution is -0.124. The number of carbonyl (C=O) groups excluding carboxylic acids is 3. The smallest absolute Gasteiger partial charge is 0.255 e. The summed E-state index contributed by atoms with van der Waals surface area (Å²) in [5.41, 5.74) is 1.47. The van der Waals surface area contributed by atoms with Crippen LogP contribution in [-0.4, -0.2) is 17.7 Å². The molecule has 1 heterocycles. The van der Waals surface area contributed by atoms with E-state index in [1.54, 1.807) is 48.5 Å². The van der Waals surface area contributed by atoms with E-state index in [2.05, 4.69) is 17.5 Å². The van der Waals surface area contributed by atoms with Crippen LogP contribution < -0.4 is 15.0 Å². The molecule has 0 aromatic heterocycles. The Hall–Kier alpha value is -4.19. The lowest BCUT2D eigenvalue weighted by Crippen LogP contribution is -2.40. The van der Waals surface area contributed by atoms with Gasteiger partial charge in [0.15, 0.2) is 0 Å². The van der Waals surface area contributed by atoms with E-state index in [1.165, 1.54) is 4.90 Å². The van der Waals surface area contributed by atoms with E-state index < -0.39 is 0 Å². The first kappa shape index (κ1) is 21.1. The van der Waals surface area contributed by atoms with Crippen LogP contribution in [0.15, 0.2) is 91.0 Å². The van der Waals surface area contributed by atoms with Crippen LogP contribution in [0.3, 0.4) is 0 Å². The van der Waals surface area contributed by atoms with E-state index in [0.29, 0.717) is 34.5 Å². The van der Waals surface area contributed by atoms with Crippen molar-refractivity contribution in [2.24, 2.45) is 35.5 Å². The van der Waals surface area contributed by atoms with Crippen molar-refractivity contribution >= 4 is 29.1 Å². The summed E-state index contributed by atoms with van der Waals surface area (Å²) in [6.45, 7) is 0. The van der Waals surface area contributed by atoms with Gasteiger partial charge in [0, 0.05) is 11.3 Å². The summed E-state index contributed by atoms with van der Waals surface area (Å²) in [5, 5.41) is 2.88. The van der Waals surface area contributed by atoms with Gasteiger partial charge in [0.1, 0.15) is 11.5 Å². The fourth-order valence-corrected chi connectivity index (χ4v) is 6.43. The van der Waals surface area contributed by atoms with Crippen LogP contribution in [0.25, 0.3) is 0 Å². The molecule has 0 radical (unpaired) electrons. The molecular weight excluding hydrogens is 452 g/mol. The van der Waals surface area contributed by atoms with E-state index in [1.807, 2.05) is 30.3 Å². The van der Waals surface area contributed by atoms with Crippen LogP contribution in [0.1, 0.15) is 16.8 Å². The maximum absolute atomic E-state index is 13.4. The molecule has 0 spiro atoms. The summed E-state index contributed by atoms with van der Waals surface area (Å²) in [7, 11) is 0. The number of imide groups is 1. The van der Waals surface area contributed by atoms with Gasteiger partial charge in [-0.1, -0.05) is 36.4 Å². The predicted molar refractivity (Wildman–Crippen MR) is 135 cm³/mol. The van der Waals surface area contributed by atoms with Crippen molar-refractivity contribution in [3.05, 3.63) is 96.6 Å². The van der Waals surface area contributed by atoms with Gasteiger partial charge >= 0.3 is 0 Å². The van der Waals surface area contributed by atoms with Crippen molar-refractivity contribution in [1.82, 2.24) is 0 Å². The summed E-state index contributed by atoms with van der Waals surface area (Å²) in [5.74, 6) is 1.77. The third kappa shape index (κ3) is 3.28. The fraction of sp³-hybridized carbons (Fsp3) is 0.233. The van der Waals surface area contributed by atoms with Gasteiger partial charge in [0.05, 0.1) is 17.5 Å². The number of para-hydroxylation sites is 1. The minimum atomic E-state index is -0.312. The molecule has 2 saturated carbocycles. The van der Waals surface area contributed by atoms with Gasteiger partial charge in [0.2, 0.25) is 11.8 Å². The summed E-state index contributed by atoms with van der Waals surface area (Å²) in [6.07, 6.45) is 5.45. The number of anilines is 2. The first-order valence-electron chi connectivity index (χ1n) is 12.4. The second kappa shape index (κ2) is 7.92. The molecular formula is C30H24N2O4. The van der Waals surface area contributed by atoms with Crippen LogP contribution in [0.2, 0.25) is 0 Å². The molecule has 36 heavy (non-hydrogen) atoms. The molecule has 3 amide bonds. The molecule has 2 bridgehead atoms. The van der Waals surface area contributed by atoms with Crippen molar-refractivity contribution in [3.8, 4) is 11.5 Å². The number of ether oxygens (including phenoxy) is 1. The van der Waals surface area contributed by atoms with Gasteiger partial charge in [0.25, 0.3) is 5.91 Å². The van der Waals surface area contributed by atoms with Crippen LogP contribution in [0.5, 0.6) is 11.5 Å². The molecule has 1 N–H and O–H groups in total. The standard InChI is InChI=1S/C30H24N2O4/c33-28(31-18-9-11-21(12-10-18)36-20-7-2-1-3-8-20)17-5-4-6-19(15-17)32-29(34)26-22-13-14-23(25-16-24(22)25)27(26)30(32)35/h1-15,22-27H,16H2,(H,31,33)/t22-,23-,24-,25+,26-,27+/m0/s1. The van der Waals surface area contributed by atoms with Crippen molar-refractivity contribution in [3.63, 3.8) is 0 Å². The van der Waals surface area contributed by atoms with Crippen LogP contribution in [0, 0.1) is 35.5 Å². The molecule has 5 aliphatic rings. The van der Waals surface area contributed by atoms with E-state index in [-0.39, 0.29) is 41.4 Å². The highest BCUT2D eigenvalue weighted by atomic mass is 16.5. The highest BCUT2D eigenvalue weighted by Crippen LogP contribution is 2.65. The summed E-state index contributed by atoms with van der Waals surface area (Å²) in [4.78, 5) is 41.1. The van der Waals surface area contributed by atoms with Crippen molar-refractivity contribution in [2.45, 2.75) is 6.42 Å². The zero-order valence-corrected chi connectivity index (χ0v) is 19.4. The number of hydrogen-bond donors (Lipinski definition) is 1. The van der Waals surface area contributed by atoms with E-state index in [9.17, 15) is 14.4 Å². The fourth-order valence-electron chi connectivity index (χ4n) is 6.43. The topological polar surface area (TPSA) is 75.7 Å². The number of rotatable bonds is 5. The van der Waals surface area contributed by atoms with Crippen LogP contribution >= 0.6 is 0 Å². The number of hydrogen-bond acceptors (Lipinski definition) is 4. The highest BCUT2D eigenvalue weighted by Gasteiger charge is 2.67. The zero-order chi connectivity index (χ0) is 24.4. The first-order chi connectivity index (χ1) is 17.6. The molecule has 4 aliphatic carbocycles. The molecule has 6 heteroatoms. The largest absolute Gasteiger partial charge is 0.457 e. The molecule has 0 unspecified atom stereocenters. The normalized spacial score (nSPS) is 29.1. The Labute approximate surface area is 208 Å². The van der Waals surface area contributed by atoms with Crippen LogP contribution in [-0.2, 0) is 9.59 Å².